The van der Waals surface area contributed by atoms with Crippen molar-refractivity contribution in [3.63, 3.8) is 0 Å². The summed E-state index contributed by atoms with van der Waals surface area (Å²) in [7, 11) is 0. The number of ether oxygens (including phenoxy) is 1. The quantitative estimate of drug-likeness (QED) is 0.572. The van der Waals surface area contributed by atoms with Crippen LogP contribution in [0, 0.1) is 5.92 Å². The van der Waals surface area contributed by atoms with Gasteiger partial charge in [0, 0.05) is 12.5 Å². The molecule has 0 radical (unpaired) electrons. The lowest BCUT2D eigenvalue weighted by molar-refractivity contribution is 0.00932. The summed E-state index contributed by atoms with van der Waals surface area (Å²) in [6.07, 6.45) is 0.804. The van der Waals surface area contributed by atoms with Gasteiger partial charge in [0.15, 0.2) is 6.10 Å². The van der Waals surface area contributed by atoms with Crippen molar-refractivity contribution < 1.29 is 14.7 Å². The number of hydrogen-bond donors (Lipinski definition) is 1. The lowest BCUT2D eigenvalue weighted by Crippen LogP contribution is -2.33. The Morgan fingerprint density at radius 2 is 2.55 bits per heavy atom. The van der Waals surface area contributed by atoms with Gasteiger partial charge in [0.25, 0.3) is 0 Å². The molecule has 2 rings (SSSR count). The van der Waals surface area contributed by atoms with E-state index in [4.69, 9.17) is 14.7 Å². The highest BCUT2D eigenvalue weighted by molar-refractivity contribution is 5.89. The third-order valence-electron chi connectivity index (χ3n) is 2.19. The van der Waals surface area contributed by atoms with Crippen LogP contribution in [-0.4, -0.2) is 36.7 Å². The summed E-state index contributed by atoms with van der Waals surface area (Å²) in [4.78, 5) is 5.01. The van der Waals surface area contributed by atoms with Crippen molar-refractivity contribution in [3.8, 4) is 0 Å². The molecule has 1 saturated heterocycles. The van der Waals surface area contributed by atoms with Crippen molar-refractivity contribution in [2.24, 2.45) is 11.1 Å². The normalized spacial score (nSPS) is 35.9. The van der Waals surface area contributed by atoms with Gasteiger partial charge < -0.3 is 14.7 Å². The fraction of sp³-hybridized carbons (Fsp3) is 0.857. The molecule has 2 aliphatic rings. The Hall–Kier alpha value is -0.610. The second-order valence-corrected chi connectivity index (χ2v) is 2.86. The fourth-order valence-electron chi connectivity index (χ4n) is 1.52. The maximum Gasteiger partial charge on any atom is 0.158 e. The van der Waals surface area contributed by atoms with Crippen LogP contribution in [-0.2, 0) is 9.57 Å². The minimum absolute atomic E-state index is 0.0532. The maximum atomic E-state index is 8.87. The second-order valence-electron chi connectivity index (χ2n) is 2.86. The molecule has 0 bridgehead atoms. The molecule has 0 aliphatic carbocycles. The van der Waals surface area contributed by atoms with Crippen LogP contribution in [0.4, 0.5) is 0 Å². The summed E-state index contributed by atoms with van der Waals surface area (Å²) in [6, 6.07) is 0. The average molecular weight is 157 g/mol. The van der Waals surface area contributed by atoms with E-state index < -0.39 is 0 Å². The largest absolute Gasteiger partial charge is 0.392 e. The second kappa shape index (κ2) is 2.79. The molecular formula is C7H11NO3. The van der Waals surface area contributed by atoms with Crippen LogP contribution in [0.25, 0.3) is 0 Å². The zero-order chi connectivity index (χ0) is 7.68. The van der Waals surface area contributed by atoms with Gasteiger partial charge in [0.1, 0.15) is 0 Å². The first-order valence-corrected chi connectivity index (χ1v) is 3.83. The molecular weight excluding hydrogens is 146 g/mol. The Bertz CT molecular complexity index is 181. The average Bonchev–Trinajstić information content (AvgIpc) is 2.47. The molecule has 2 aliphatic heterocycles. The minimum Gasteiger partial charge on any atom is -0.392 e. The summed E-state index contributed by atoms with van der Waals surface area (Å²) in [6.45, 7) is 1.38. The molecule has 1 N–H and O–H groups in total. The van der Waals surface area contributed by atoms with Crippen molar-refractivity contribution in [2.75, 3.05) is 19.8 Å². The van der Waals surface area contributed by atoms with Crippen molar-refractivity contribution in [1.29, 1.82) is 0 Å². The first-order valence-electron chi connectivity index (χ1n) is 3.83. The summed E-state index contributed by atoms with van der Waals surface area (Å²) in [5.74, 6) is 0.300. The molecule has 0 aromatic rings. The zero-order valence-electron chi connectivity index (χ0n) is 6.19. The molecule has 2 unspecified atom stereocenters. The van der Waals surface area contributed by atoms with E-state index >= 15 is 0 Å². The van der Waals surface area contributed by atoms with Gasteiger partial charge in [-0.05, 0) is 6.42 Å². The van der Waals surface area contributed by atoms with Crippen LogP contribution in [0.3, 0.4) is 0 Å². The first kappa shape index (κ1) is 7.06. The molecule has 0 saturated carbocycles. The highest BCUT2D eigenvalue weighted by Gasteiger charge is 2.35. The van der Waals surface area contributed by atoms with Crippen molar-refractivity contribution in [2.45, 2.75) is 12.5 Å². The summed E-state index contributed by atoms with van der Waals surface area (Å²) in [5, 5.41) is 12.7. The van der Waals surface area contributed by atoms with Gasteiger partial charge in [-0.25, -0.2) is 0 Å². The number of hydrogen-bond acceptors (Lipinski definition) is 4. The molecule has 11 heavy (non-hydrogen) atoms. The first-order chi connectivity index (χ1) is 5.42. The Labute approximate surface area is 64.8 Å². The Morgan fingerprint density at radius 3 is 3.36 bits per heavy atom. The Morgan fingerprint density at radius 1 is 1.64 bits per heavy atom. The smallest absolute Gasteiger partial charge is 0.158 e. The third-order valence-corrected chi connectivity index (χ3v) is 2.19. The molecule has 0 aromatic heterocycles. The van der Waals surface area contributed by atoms with Crippen molar-refractivity contribution >= 4 is 5.71 Å². The van der Waals surface area contributed by atoms with E-state index in [1.54, 1.807) is 0 Å². The van der Waals surface area contributed by atoms with E-state index in [0.717, 1.165) is 18.7 Å². The van der Waals surface area contributed by atoms with Gasteiger partial charge in [-0.2, -0.15) is 0 Å². The van der Waals surface area contributed by atoms with E-state index in [1.807, 2.05) is 0 Å². The topological polar surface area (TPSA) is 51.0 Å². The monoisotopic (exact) mass is 157 g/mol. The van der Waals surface area contributed by atoms with Gasteiger partial charge in [-0.15, -0.1) is 0 Å². The lowest BCUT2D eigenvalue weighted by Gasteiger charge is -2.20. The molecule has 0 spiro atoms. The fourth-order valence-corrected chi connectivity index (χ4v) is 1.52. The molecule has 0 aromatic carbocycles. The maximum absolute atomic E-state index is 8.87. The van der Waals surface area contributed by atoms with E-state index in [1.165, 1.54) is 0 Å². The number of fused-ring (bicyclic) bond motifs is 1. The molecule has 2 atom stereocenters. The van der Waals surface area contributed by atoms with Crippen LogP contribution in [0.15, 0.2) is 5.16 Å². The van der Waals surface area contributed by atoms with Crippen LogP contribution >= 0.6 is 0 Å². The molecule has 1 fully saturated rings. The highest BCUT2D eigenvalue weighted by atomic mass is 16.7. The number of aliphatic hydroxyl groups excluding tert-OH is 1. The van der Waals surface area contributed by atoms with Gasteiger partial charge >= 0.3 is 0 Å². The van der Waals surface area contributed by atoms with Crippen LogP contribution < -0.4 is 0 Å². The SMILES string of the molecule is OCC1ON=C2COCCC21. The highest BCUT2D eigenvalue weighted by Crippen LogP contribution is 2.24. The molecule has 0 amide bonds. The van der Waals surface area contributed by atoms with Gasteiger partial charge in [0.05, 0.1) is 18.9 Å². The van der Waals surface area contributed by atoms with Crippen molar-refractivity contribution in [3.05, 3.63) is 0 Å². The van der Waals surface area contributed by atoms with Gasteiger partial charge in [-0.3, -0.25) is 0 Å². The Kier molecular flexibility index (Phi) is 1.79. The predicted octanol–water partition coefficient (Wildman–Crippen LogP) is -0.230. The summed E-state index contributed by atoms with van der Waals surface area (Å²) in [5.41, 5.74) is 0.954. The van der Waals surface area contributed by atoms with Crippen LogP contribution in [0.2, 0.25) is 0 Å². The zero-order valence-corrected chi connectivity index (χ0v) is 6.19. The third kappa shape index (κ3) is 1.12. The van der Waals surface area contributed by atoms with E-state index in [9.17, 15) is 0 Å². The van der Waals surface area contributed by atoms with E-state index in [0.29, 0.717) is 12.5 Å². The number of aliphatic hydroxyl groups is 1. The minimum atomic E-state index is -0.117. The molecule has 62 valence electrons. The number of nitrogens with zero attached hydrogens (tertiary/aromatic N) is 1. The predicted molar refractivity (Wildman–Crippen MR) is 38.3 cm³/mol. The lowest BCUT2D eigenvalue weighted by atomic mass is 9.93. The van der Waals surface area contributed by atoms with Crippen LogP contribution in [0.1, 0.15) is 6.42 Å². The number of oxime groups is 1. The van der Waals surface area contributed by atoms with Gasteiger partial charge in [0.2, 0.25) is 0 Å². The van der Waals surface area contributed by atoms with Crippen molar-refractivity contribution in [1.82, 2.24) is 0 Å². The molecule has 4 heteroatoms. The summed E-state index contributed by atoms with van der Waals surface area (Å²) >= 11 is 0. The van der Waals surface area contributed by atoms with Gasteiger partial charge in [-0.1, -0.05) is 5.16 Å². The molecule has 4 nitrogen and oxygen atoms in total. The standard InChI is InChI=1S/C7H11NO3/c9-3-7-5-1-2-10-4-6(5)8-11-7/h5,7,9H,1-4H2. The van der Waals surface area contributed by atoms with E-state index in [-0.39, 0.29) is 12.7 Å². The summed E-state index contributed by atoms with van der Waals surface area (Å²) < 4.78 is 5.18. The Balaban J connectivity index is 2.05. The number of rotatable bonds is 1. The molecule has 2 heterocycles. The van der Waals surface area contributed by atoms with Crippen LogP contribution in [0.5, 0.6) is 0 Å². The van der Waals surface area contributed by atoms with E-state index in [2.05, 4.69) is 5.16 Å².